The Hall–Kier alpha value is -2.02. The van der Waals surface area contributed by atoms with Gasteiger partial charge in [-0.15, -0.1) is 18.2 Å². The van der Waals surface area contributed by atoms with Crippen LogP contribution in [0.1, 0.15) is 30.8 Å². The number of hydrogen-bond donors (Lipinski definition) is 2. The van der Waals surface area contributed by atoms with E-state index in [0.717, 1.165) is 23.2 Å². The van der Waals surface area contributed by atoms with Gasteiger partial charge in [0.15, 0.2) is 9.84 Å². The van der Waals surface area contributed by atoms with Crippen molar-refractivity contribution in [2.45, 2.75) is 27.7 Å². The molecule has 0 spiro atoms. The van der Waals surface area contributed by atoms with Crippen molar-refractivity contribution in [3.63, 3.8) is 0 Å². The summed E-state index contributed by atoms with van der Waals surface area (Å²) in [7, 11) is -3.11. The highest BCUT2D eigenvalue weighted by atomic mass is 35.5. The van der Waals surface area contributed by atoms with Crippen molar-refractivity contribution < 1.29 is 13.2 Å². The van der Waals surface area contributed by atoms with Gasteiger partial charge in [-0.1, -0.05) is 42.0 Å². The van der Waals surface area contributed by atoms with Crippen LogP contribution >= 0.6 is 23.2 Å². The highest BCUT2D eigenvalue weighted by Crippen LogP contribution is 2.14. The number of alkyl halides is 1. The van der Waals surface area contributed by atoms with Crippen LogP contribution in [0.3, 0.4) is 0 Å². The first-order valence-electron chi connectivity index (χ1n) is 9.08. The Morgan fingerprint density at radius 3 is 2.23 bits per heavy atom. The Morgan fingerprint density at radius 2 is 1.87 bits per heavy atom. The molecule has 0 fully saturated rings. The van der Waals surface area contributed by atoms with Crippen LogP contribution in [0.5, 0.6) is 0 Å². The summed E-state index contributed by atoms with van der Waals surface area (Å²) in [6, 6.07) is 1.98. The van der Waals surface area contributed by atoms with Gasteiger partial charge in [-0.25, -0.2) is 8.42 Å². The second kappa shape index (κ2) is 17.8. The summed E-state index contributed by atoms with van der Waals surface area (Å²) < 4.78 is 22.4. The zero-order valence-corrected chi connectivity index (χ0v) is 20.5. The zero-order valence-electron chi connectivity index (χ0n) is 18.2. The molecule has 0 saturated heterocycles. The number of sulfone groups is 1. The maximum absolute atomic E-state index is 12.1. The predicted octanol–water partition coefficient (Wildman–Crippen LogP) is 5.44. The summed E-state index contributed by atoms with van der Waals surface area (Å²) >= 11 is 10.2. The molecule has 0 unspecified atom stereocenters. The van der Waals surface area contributed by atoms with Crippen LogP contribution in [0, 0.1) is 13.8 Å². The molecule has 1 aromatic heterocycles. The molecule has 0 radical (unpaired) electrons. The molecule has 2 N–H and O–H groups in total. The minimum atomic E-state index is -3.11. The number of allylic oxidation sites excluding steroid dienone is 3. The van der Waals surface area contributed by atoms with Crippen LogP contribution in [0.15, 0.2) is 60.3 Å². The topological polar surface area (TPSA) is 79.0 Å². The van der Waals surface area contributed by atoms with Crippen LogP contribution < -0.4 is 5.32 Å². The van der Waals surface area contributed by atoms with E-state index in [1.807, 2.05) is 26.8 Å². The lowest BCUT2D eigenvalue weighted by molar-refractivity contribution is -0.116. The molecule has 0 atom stereocenters. The Kier molecular flexibility index (Phi) is 17.9. The number of rotatable bonds is 7. The van der Waals surface area contributed by atoms with E-state index in [-0.39, 0.29) is 11.7 Å². The quantitative estimate of drug-likeness (QED) is 0.239. The number of aryl methyl sites for hydroxylation is 2. The van der Waals surface area contributed by atoms with Crippen molar-refractivity contribution in [3.05, 3.63) is 77.3 Å². The third kappa shape index (κ3) is 16.9. The molecule has 0 saturated carbocycles. The Morgan fingerprint density at radius 1 is 1.27 bits per heavy atom. The zero-order chi connectivity index (χ0) is 23.6. The molecule has 5 nitrogen and oxygen atoms in total. The molecule has 30 heavy (non-hydrogen) atoms. The molecule has 0 aromatic carbocycles. The summed E-state index contributed by atoms with van der Waals surface area (Å²) in [5.74, 6) is 0.0995. The van der Waals surface area contributed by atoms with Gasteiger partial charge in [0.2, 0.25) is 0 Å². The minimum absolute atomic E-state index is 0.107. The summed E-state index contributed by atoms with van der Waals surface area (Å²) in [5.41, 5.74) is 4.62. The average molecular weight is 475 g/mol. The normalized spacial score (nSPS) is 11.8. The van der Waals surface area contributed by atoms with Crippen molar-refractivity contribution in [1.82, 2.24) is 10.3 Å². The van der Waals surface area contributed by atoms with Gasteiger partial charge in [0.25, 0.3) is 5.91 Å². The van der Waals surface area contributed by atoms with Gasteiger partial charge in [-0.05, 0) is 51.6 Å². The fourth-order valence-electron chi connectivity index (χ4n) is 1.87. The van der Waals surface area contributed by atoms with Gasteiger partial charge in [0.1, 0.15) is 0 Å². The van der Waals surface area contributed by atoms with Crippen LogP contribution in [-0.4, -0.2) is 37.2 Å². The number of H-pyrrole nitrogens is 1. The predicted molar refractivity (Wildman–Crippen MR) is 132 cm³/mol. The van der Waals surface area contributed by atoms with E-state index in [4.69, 9.17) is 23.2 Å². The second-order valence-corrected chi connectivity index (χ2v) is 8.79. The van der Waals surface area contributed by atoms with Crippen molar-refractivity contribution in [3.8, 4) is 0 Å². The molecule has 168 valence electrons. The SMILES string of the molecule is C/C=C/NC(=O)C(=C\c1[nH]c(C)cc1C)/C=C/CS(C)(=O)=O.C=CC.Cl/C=C/CCl. The third-order valence-electron chi connectivity index (χ3n) is 3.01. The molecular weight excluding hydrogens is 443 g/mol. The lowest BCUT2D eigenvalue weighted by Gasteiger charge is -2.02. The van der Waals surface area contributed by atoms with Crippen LogP contribution in [0.4, 0.5) is 0 Å². The monoisotopic (exact) mass is 474 g/mol. The van der Waals surface area contributed by atoms with Crippen LogP contribution in [-0.2, 0) is 14.6 Å². The van der Waals surface area contributed by atoms with E-state index >= 15 is 0 Å². The third-order valence-corrected chi connectivity index (χ3v) is 4.16. The van der Waals surface area contributed by atoms with Gasteiger partial charge in [-0.2, -0.15) is 0 Å². The number of aromatic amines is 1. The fourth-order valence-corrected chi connectivity index (χ4v) is 2.59. The Bertz CT molecular complexity index is 865. The summed E-state index contributed by atoms with van der Waals surface area (Å²) in [5, 5.41) is 2.62. The molecule has 0 aliphatic heterocycles. The number of carbonyl (C=O) groups excluding carboxylic acids is 1. The highest BCUT2D eigenvalue weighted by Gasteiger charge is 2.08. The molecule has 0 bridgehead atoms. The first-order valence-corrected chi connectivity index (χ1v) is 12.1. The largest absolute Gasteiger partial charge is 0.359 e. The van der Waals surface area contributed by atoms with Crippen molar-refractivity contribution >= 4 is 45.0 Å². The van der Waals surface area contributed by atoms with E-state index in [0.29, 0.717) is 11.5 Å². The van der Waals surface area contributed by atoms with Gasteiger partial charge in [-0.3, -0.25) is 4.79 Å². The maximum atomic E-state index is 12.1. The second-order valence-electron chi connectivity index (χ2n) is 6.04. The number of carbonyl (C=O) groups is 1. The van der Waals surface area contributed by atoms with E-state index in [9.17, 15) is 13.2 Å². The Labute approximate surface area is 191 Å². The summed E-state index contributed by atoms with van der Waals surface area (Å²) in [4.78, 5) is 15.3. The number of nitrogens with one attached hydrogen (secondary N) is 2. The first kappa shape index (κ1) is 30.2. The molecule has 1 amide bonds. The molecule has 1 heterocycles. The van der Waals surface area contributed by atoms with E-state index in [2.05, 4.69) is 16.9 Å². The molecule has 1 rings (SSSR count). The smallest absolute Gasteiger partial charge is 0.255 e. The highest BCUT2D eigenvalue weighted by molar-refractivity contribution is 7.90. The van der Waals surface area contributed by atoms with E-state index < -0.39 is 9.84 Å². The van der Waals surface area contributed by atoms with Gasteiger partial charge < -0.3 is 10.3 Å². The van der Waals surface area contributed by atoms with Crippen molar-refractivity contribution in [2.75, 3.05) is 17.9 Å². The molecule has 1 aromatic rings. The molecule has 8 heteroatoms. The van der Waals surface area contributed by atoms with Crippen LogP contribution in [0.2, 0.25) is 0 Å². The molecular formula is C22H32Cl2N2O3S. The van der Waals surface area contributed by atoms with Crippen molar-refractivity contribution in [2.24, 2.45) is 0 Å². The molecule has 0 aliphatic rings. The Balaban J connectivity index is 0. The number of aromatic nitrogens is 1. The summed E-state index contributed by atoms with van der Waals surface area (Å²) in [6.45, 7) is 10.9. The lowest BCUT2D eigenvalue weighted by Crippen LogP contribution is -2.18. The fraction of sp³-hybridized carbons (Fsp3) is 0.318. The lowest BCUT2D eigenvalue weighted by atomic mass is 10.1. The number of amides is 1. The number of hydrogen-bond acceptors (Lipinski definition) is 3. The molecule has 0 aliphatic carbocycles. The van der Waals surface area contributed by atoms with Gasteiger partial charge >= 0.3 is 0 Å². The maximum Gasteiger partial charge on any atom is 0.255 e. The average Bonchev–Trinajstić information content (AvgIpc) is 2.96. The van der Waals surface area contributed by atoms with Crippen molar-refractivity contribution in [1.29, 1.82) is 0 Å². The standard InChI is InChI=1S/C16H22N2O3S.C3H4Cl2.C3H6/c1-5-8-17-16(19)14(7-6-9-22(4,20)21)11-15-12(2)10-13(3)18-15;4-2-1-3-5;1-3-2/h5-8,10-11,18H,9H2,1-4H3,(H,17,19);1-2H,3H2;3H,1H2,2H3/b7-6+,8-5+,14-11-;2-1+;. The van der Waals surface area contributed by atoms with Gasteiger partial charge in [0.05, 0.1) is 5.75 Å². The van der Waals surface area contributed by atoms with Crippen LogP contribution in [0.25, 0.3) is 6.08 Å². The first-order chi connectivity index (χ1) is 14.1. The number of halogens is 2. The van der Waals surface area contributed by atoms with E-state index in [1.165, 1.54) is 23.9 Å². The van der Waals surface area contributed by atoms with Gasteiger partial charge in [0, 0.05) is 34.6 Å². The van der Waals surface area contributed by atoms with E-state index in [1.54, 1.807) is 31.2 Å². The summed E-state index contributed by atoms with van der Waals surface area (Å²) in [6.07, 6.45) is 12.5. The minimum Gasteiger partial charge on any atom is -0.359 e.